The summed E-state index contributed by atoms with van der Waals surface area (Å²) in [5.74, 6) is 0.116. The highest BCUT2D eigenvalue weighted by atomic mass is 19.3. The summed E-state index contributed by atoms with van der Waals surface area (Å²) in [6.07, 6.45) is -1.48. The van der Waals surface area contributed by atoms with Crippen molar-refractivity contribution in [2.24, 2.45) is 0 Å². The lowest BCUT2D eigenvalue weighted by Gasteiger charge is -2.12. The van der Waals surface area contributed by atoms with E-state index in [0.29, 0.717) is 11.3 Å². The molecule has 0 bridgehead atoms. The van der Waals surface area contributed by atoms with Crippen LogP contribution in [0.2, 0.25) is 0 Å². The number of hydrogen-bond donors (Lipinski definition) is 0. The normalized spacial score (nSPS) is 10.1. The van der Waals surface area contributed by atoms with E-state index in [2.05, 4.69) is 4.98 Å². The third-order valence-electron chi connectivity index (χ3n) is 2.08. The Hall–Kier alpha value is -1.70. The molecule has 0 saturated carbocycles. The highest BCUT2D eigenvalue weighted by Crippen LogP contribution is 2.32. The lowest BCUT2D eigenvalue weighted by molar-refractivity contribution is 0.146. The Morgan fingerprint density at radius 3 is 2.73 bits per heavy atom. The van der Waals surface area contributed by atoms with E-state index in [0.717, 1.165) is 6.20 Å². The maximum atomic E-state index is 12.5. The van der Waals surface area contributed by atoms with Crippen molar-refractivity contribution in [2.75, 3.05) is 7.11 Å². The van der Waals surface area contributed by atoms with Gasteiger partial charge in [-0.1, -0.05) is 0 Å². The summed E-state index contributed by atoms with van der Waals surface area (Å²) in [4.78, 5) is 3.82. The van der Waals surface area contributed by atoms with Crippen LogP contribution in [0.1, 0.15) is 23.2 Å². The van der Waals surface area contributed by atoms with Gasteiger partial charge in [0.2, 0.25) is 0 Å². The minimum absolute atomic E-state index is 0.0890. The van der Waals surface area contributed by atoms with E-state index in [-0.39, 0.29) is 17.7 Å². The number of alkyl halides is 2. The molecule has 1 aromatic heterocycles. The maximum absolute atomic E-state index is 12.5. The molecule has 3 nitrogen and oxygen atoms in total. The van der Waals surface area contributed by atoms with Gasteiger partial charge in [0.15, 0.2) is 0 Å². The fraction of sp³-hybridized carbons (Fsp3) is 0.400. The summed E-state index contributed by atoms with van der Waals surface area (Å²) >= 11 is 0. The van der Waals surface area contributed by atoms with E-state index in [1.165, 1.54) is 7.11 Å². The first kappa shape index (κ1) is 11.4. The maximum Gasteiger partial charge on any atom is 0.268 e. The van der Waals surface area contributed by atoms with Gasteiger partial charge < -0.3 is 4.74 Å². The fourth-order valence-corrected chi connectivity index (χ4v) is 1.33. The minimum atomic E-state index is -2.62. The first-order chi connectivity index (χ1) is 7.11. The van der Waals surface area contributed by atoms with Gasteiger partial charge in [-0.25, -0.2) is 8.78 Å². The summed E-state index contributed by atoms with van der Waals surface area (Å²) in [6.45, 7) is 1.62. The zero-order valence-corrected chi connectivity index (χ0v) is 8.42. The molecule has 0 N–H and O–H groups in total. The van der Waals surface area contributed by atoms with Crippen LogP contribution in [0.4, 0.5) is 8.78 Å². The molecule has 0 fully saturated rings. The monoisotopic (exact) mass is 212 g/mol. The second kappa shape index (κ2) is 4.69. The zero-order chi connectivity index (χ0) is 11.4. The highest BCUT2D eigenvalue weighted by Gasteiger charge is 2.18. The summed E-state index contributed by atoms with van der Waals surface area (Å²) in [5.41, 5.74) is 0.729. The summed E-state index contributed by atoms with van der Waals surface area (Å²) in [5, 5.41) is 8.51. The smallest absolute Gasteiger partial charge is 0.268 e. The molecule has 5 heteroatoms. The molecule has 0 aromatic carbocycles. The average molecular weight is 212 g/mol. The first-order valence-corrected chi connectivity index (χ1v) is 4.29. The Morgan fingerprint density at radius 1 is 1.60 bits per heavy atom. The molecule has 80 valence electrons. The van der Waals surface area contributed by atoms with Crippen LogP contribution in [0.25, 0.3) is 0 Å². The Balaban J connectivity index is 3.27. The van der Waals surface area contributed by atoms with Crippen LogP contribution >= 0.6 is 0 Å². The van der Waals surface area contributed by atoms with E-state index in [1.54, 1.807) is 6.92 Å². The Morgan fingerprint density at radius 2 is 2.27 bits per heavy atom. The van der Waals surface area contributed by atoms with Gasteiger partial charge >= 0.3 is 0 Å². The molecule has 0 spiro atoms. The van der Waals surface area contributed by atoms with E-state index in [4.69, 9.17) is 10.00 Å². The summed E-state index contributed by atoms with van der Waals surface area (Å²) < 4.78 is 29.9. The predicted molar refractivity (Wildman–Crippen MR) is 49.8 cm³/mol. The molecule has 0 saturated heterocycles. The van der Waals surface area contributed by atoms with Gasteiger partial charge in [-0.2, -0.15) is 5.26 Å². The second-order valence-electron chi connectivity index (χ2n) is 2.95. The molecule has 0 aliphatic heterocycles. The summed E-state index contributed by atoms with van der Waals surface area (Å²) in [6, 6.07) is 1.92. The molecule has 1 rings (SSSR count). The largest absolute Gasteiger partial charge is 0.496 e. The molecule has 0 amide bonds. The zero-order valence-electron chi connectivity index (χ0n) is 8.42. The van der Waals surface area contributed by atoms with Gasteiger partial charge in [0.25, 0.3) is 6.43 Å². The van der Waals surface area contributed by atoms with Crippen LogP contribution in [0.3, 0.4) is 0 Å². The Labute approximate surface area is 86.3 Å². The van der Waals surface area contributed by atoms with E-state index in [1.807, 2.05) is 6.07 Å². The number of nitrogens with zero attached hydrogens (tertiary/aromatic N) is 2. The molecule has 1 aromatic rings. The molecule has 0 aliphatic carbocycles. The number of ether oxygens (including phenoxy) is 1. The van der Waals surface area contributed by atoms with Gasteiger partial charge in [-0.15, -0.1) is 0 Å². The fourth-order valence-electron chi connectivity index (χ4n) is 1.33. The quantitative estimate of drug-likeness (QED) is 0.772. The predicted octanol–water partition coefficient (Wildman–Crippen LogP) is 2.40. The third kappa shape index (κ3) is 2.21. The molecule has 0 atom stereocenters. The average Bonchev–Trinajstić information content (AvgIpc) is 2.20. The molecule has 15 heavy (non-hydrogen) atoms. The van der Waals surface area contributed by atoms with Crippen LogP contribution in [0.15, 0.2) is 6.20 Å². The second-order valence-corrected chi connectivity index (χ2v) is 2.95. The molecular formula is C10H10F2N2O. The van der Waals surface area contributed by atoms with Crippen molar-refractivity contribution < 1.29 is 13.5 Å². The van der Waals surface area contributed by atoms with Crippen LogP contribution in [-0.2, 0) is 6.42 Å². The lowest BCUT2D eigenvalue weighted by atomic mass is 10.1. The SMILES string of the molecule is COc1c(C(F)F)cnc(CC#N)c1C. The third-order valence-corrected chi connectivity index (χ3v) is 2.08. The van der Waals surface area contributed by atoms with Crippen molar-refractivity contribution in [3.8, 4) is 11.8 Å². The number of nitriles is 1. The number of pyridine rings is 1. The number of aromatic nitrogens is 1. The Kier molecular flexibility index (Phi) is 3.56. The van der Waals surface area contributed by atoms with E-state index in [9.17, 15) is 8.78 Å². The van der Waals surface area contributed by atoms with Crippen LogP contribution < -0.4 is 4.74 Å². The number of rotatable bonds is 3. The molecule has 1 heterocycles. The van der Waals surface area contributed by atoms with Gasteiger partial charge in [0, 0.05) is 11.8 Å². The van der Waals surface area contributed by atoms with E-state index >= 15 is 0 Å². The van der Waals surface area contributed by atoms with Crippen molar-refractivity contribution in [3.63, 3.8) is 0 Å². The molecule has 0 radical (unpaired) electrons. The Bertz CT molecular complexity index is 399. The first-order valence-electron chi connectivity index (χ1n) is 4.29. The molecule has 0 unspecified atom stereocenters. The minimum Gasteiger partial charge on any atom is -0.496 e. The van der Waals surface area contributed by atoms with E-state index < -0.39 is 6.43 Å². The van der Waals surface area contributed by atoms with Crippen LogP contribution in [0.5, 0.6) is 5.75 Å². The van der Waals surface area contributed by atoms with Crippen molar-refractivity contribution in [2.45, 2.75) is 19.8 Å². The lowest BCUT2D eigenvalue weighted by Crippen LogP contribution is -2.01. The van der Waals surface area contributed by atoms with Crippen LogP contribution in [0, 0.1) is 18.3 Å². The number of hydrogen-bond acceptors (Lipinski definition) is 3. The van der Waals surface area contributed by atoms with Crippen molar-refractivity contribution >= 4 is 0 Å². The van der Waals surface area contributed by atoms with Crippen molar-refractivity contribution in [1.82, 2.24) is 4.98 Å². The highest BCUT2D eigenvalue weighted by molar-refractivity contribution is 5.43. The molecule has 0 aliphatic rings. The number of halogens is 2. The molecular weight excluding hydrogens is 202 g/mol. The van der Waals surface area contributed by atoms with Crippen molar-refractivity contribution in [3.05, 3.63) is 23.0 Å². The summed E-state index contributed by atoms with van der Waals surface area (Å²) in [7, 11) is 1.32. The van der Waals surface area contributed by atoms with Gasteiger partial charge in [-0.05, 0) is 6.92 Å². The standard InChI is InChI=1S/C10H10F2N2O/c1-6-8(3-4-13)14-5-7(10(11)12)9(6)15-2/h5,10H,3H2,1-2H3. The van der Waals surface area contributed by atoms with Crippen molar-refractivity contribution in [1.29, 1.82) is 5.26 Å². The van der Waals surface area contributed by atoms with Gasteiger partial charge in [0.05, 0.1) is 30.9 Å². The topological polar surface area (TPSA) is 45.9 Å². The number of methoxy groups -OCH3 is 1. The van der Waals surface area contributed by atoms with Crippen LogP contribution in [-0.4, -0.2) is 12.1 Å². The van der Waals surface area contributed by atoms with Gasteiger partial charge in [0.1, 0.15) is 5.75 Å². The van der Waals surface area contributed by atoms with Gasteiger partial charge in [-0.3, -0.25) is 4.98 Å².